The number of amides is 2. The van der Waals surface area contributed by atoms with Crippen LogP contribution in [0.15, 0.2) is 12.3 Å². The van der Waals surface area contributed by atoms with Crippen molar-refractivity contribution in [3.8, 4) is 0 Å². The topological polar surface area (TPSA) is 78.1 Å². The van der Waals surface area contributed by atoms with Gasteiger partial charge in [0.15, 0.2) is 0 Å². The Morgan fingerprint density at radius 1 is 1.30 bits per heavy atom. The first-order valence-corrected chi connectivity index (χ1v) is 8.68. The molecule has 1 aromatic rings. The van der Waals surface area contributed by atoms with Crippen LogP contribution in [0.25, 0.3) is 0 Å². The Kier molecular flexibility index (Phi) is 4.68. The highest BCUT2D eigenvalue weighted by molar-refractivity contribution is 5.91. The molecule has 126 valence electrons. The van der Waals surface area contributed by atoms with Crippen LogP contribution in [0.4, 0.5) is 0 Å². The number of nitrogens with one attached hydrogen (secondary N) is 2. The van der Waals surface area contributed by atoms with Crippen molar-refractivity contribution in [1.82, 2.24) is 20.4 Å². The summed E-state index contributed by atoms with van der Waals surface area (Å²) in [6, 6.07) is 1.99. The highest BCUT2D eigenvalue weighted by Gasteiger charge is 2.43. The maximum absolute atomic E-state index is 13.2. The van der Waals surface area contributed by atoms with E-state index in [2.05, 4.69) is 15.5 Å². The third-order valence-electron chi connectivity index (χ3n) is 5.20. The maximum Gasteiger partial charge on any atom is 0.248 e. The molecule has 2 N–H and O–H groups in total. The molecule has 2 fully saturated rings. The maximum atomic E-state index is 13.2. The van der Waals surface area contributed by atoms with Gasteiger partial charge in [-0.1, -0.05) is 19.3 Å². The smallest absolute Gasteiger partial charge is 0.248 e. The Labute approximate surface area is 137 Å². The molecule has 6 heteroatoms. The average Bonchev–Trinajstić information content (AvgIpc) is 3.09. The van der Waals surface area contributed by atoms with E-state index < -0.39 is 5.54 Å². The van der Waals surface area contributed by atoms with Gasteiger partial charge in [0.2, 0.25) is 11.8 Å². The molecule has 23 heavy (non-hydrogen) atoms. The van der Waals surface area contributed by atoms with E-state index in [1.54, 1.807) is 6.20 Å². The number of hydrogen-bond donors (Lipinski definition) is 2. The number of hydrogen-bond acceptors (Lipinski definition) is 3. The number of rotatable bonds is 3. The van der Waals surface area contributed by atoms with Crippen LogP contribution >= 0.6 is 0 Å². The molecule has 2 aliphatic rings. The predicted molar refractivity (Wildman–Crippen MR) is 86.8 cm³/mol. The summed E-state index contributed by atoms with van der Waals surface area (Å²) in [5, 5.41) is 10.0. The van der Waals surface area contributed by atoms with Gasteiger partial charge in [-0.05, 0) is 31.7 Å². The molecule has 1 atom stereocenters. The van der Waals surface area contributed by atoms with Crippen molar-refractivity contribution < 1.29 is 9.59 Å². The minimum Gasteiger partial charge on any atom is -0.342 e. The molecule has 0 spiro atoms. The van der Waals surface area contributed by atoms with Crippen LogP contribution in [0.2, 0.25) is 0 Å². The fourth-order valence-electron chi connectivity index (χ4n) is 4.10. The number of carbonyl (C=O) groups excluding carboxylic acids is 2. The monoisotopic (exact) mass is 318 g/mol. The number of likely N-dealkylation sites (tertiary alicyclic amines) is 1. The zero-order chi connectivity index (χ0) is 16.3. The summed E-state index contributed by atoms with van der Waals surface area (Å²) in [4.78, 5) is 26.8. The van der Waals surface area contributed by atoms with Crippen molar-refractivity contribution in [3.05, 3.63) is 18.0 Å². The van der Waals surface area contributed by atoms with Crippen molar-refractivity contribution >= 4 is 11.8 Å². The van der Waals surface area contributed by atoms with Crippen molar-refractivity contribution in [2.45, 2.75) is 63.3 Å². The van der Waals surface area contributed by atoms with Gasteiger partial charge < -0.3 is 10.2 Å². The molecule has 2 heterocycles. The van der Waals surface area contributed by atoms with Gasteiger partial charge >= 0.3 is 0 Å². The number of H-pyrrole nitrogens is 1. The Balaban J connectivity index is 1.75. The number of aromatic amines is 1. The van der Waals surface area contributed by atoms with Gasteiger partial charge in [0, 0.05) is 37.8 Å². The Morgan fingerprint density at radius 3 is 2.74 bits per heavy atom. The standard InChI is InChI=1S/C17H26N4O2/c1-13(22)19-17(8-3-2-4-9-17)16(23)21-11-5-6-14(12-21)15-7-10-18-20-15/h7,10,14H,2-6,8-9,11-12H2,1H3,(H,18,20)(H,19,22)/t14-/m1/s1. The van der Waals surface area contributed by atoms with Crippen LogP contribution in [0.1, 0.15) is 63.5 Å². The average molecular weight is 318 g/mol. The Bertz CT molecular complexity index is 549. The van der Waals surface area contributed by atoms with E-state index in [4.69, 9.17) is 0 Å². The van der Waals surface area contributed by atoms with Crippen LogP contribution in [0.3, 0.4) is 0 Å². The highest BCUT2D eigenvalue weighted by Crippen LogP contribution is 2.33. The van der Waals surface area contributed by atoms with E-state index in [1.807, 2.05) is 11.0 Å². The van der Waals surface area contributed by atoms with E-state index in [9.17, 15) is 9.59 Å². The first kappa shape index (κ1) is 16.0. The van der Waals surface area contributed by atoms with Gasteiger partial charge in [-0.15, -0.1) is 0 Å². The lowest BCUT2D eigenvalue weighted by Crippen LogP contribution is -2.61. The summed E-state index contributed by atoms with van der Waals surface area (Å²) in [6.45, 7) is 3.00. The van der Waals surface area contributed by atoms with Crippen LogP contribution < -0.4 is 5.32 Å². The fourth-order valence-corrected chi connectivity index (χ4v) is 4.10. The summed E-state index contributed by atoms with van der Waals surface area (Å²) >= 11 is 0. The molecule has 1 aliphatic heterocycles. The molecule has 1 saturated heterocycles. The molecule has 6 nitrogen and oxygen atoms in total. The Hall–Kier alpha value is -1.85. The lowest BCUT2D eigenvalue weighted by atomic mass is 9.79. The quantitative estimate of drug-likeness (QED) is 0.894. The summed E-state index contributed by atoms with van der Waals surface area (Å²) in [7, 11) is 0. The molecule has 3 rings (SSSR count). The first-order valence-electron chi connectivity index (χ1n) is 8.68. The number of carbonyl (C=O) groups is 2. The molecule has 0 bridgehead atoms. The van der Waals surface area contributed by atoms with Gasteiger partial charge in [-0.3, -0.25) is 14.7 Å². The first-order chi connectivity index (χ1) is 11.1. The third kappa shape index (κ3) is 3.41. The van der Waals surface area contributed by atoms with Crippen LogP contribution in [-0.2, 0) is 9.59 Å². The Morgan fingerprint density at radius 2 is 2.09 bits per heavy atom. The van der Waals surface area contributed by atoms with Gasteiger partial charge in [-0.2, -0.15) is 5.10 Å². The van der Waals surface area contributed by atoms with Crippen molar-refractivity contribution in [1.29, 1.82) is 0 Å². The molecule has 0 unspecified atom stereocenters. The predicted octanol–water partition coefficient (Wildman–Crippen LogP) is 1.95. The van der Waals surface area contributed by atoms with Gasteiger partial charge in [0.25, 0.3) is 0 Å². The lowest BCUT2D eigenvalue weighted by molar-refractivity contribution is -0.144. The molecule has 2 amide bonds. The van der Waals surface area contributed by atoms with Crippen molar-refractivity contribution in [3.63, 3.8) is 0 Å². The molecule has 0 radical (unpaired) electrons. The van der Waals surface area contributed by atoms with Gasteiger partial charge in [0.05, 0.1) is 0 Å². The SMILES string of the molecule is CC(=O)NC1(C(=O)N2CCC[C@@H](c3ccn[nH]3)C2)CCCCC1. The summed E-state index contributed by atoms with van der Waals surface area (Å²) in [5.74, 6) is 0.312. The van der Waals surface area contributed by atoms with Crippen LogP contribution in [-0.4, -0.2) is 45.5 Å². The fraction of sp³-hybridized carbons (Fsp3) is 0.706. The highest BCUT2D eigenvalue weighted by atomic mass is 16.2. The van der Waals surface area contributed by atoms with E-state index in [-0.39, 0.29) is 11.8 Å². The normalized spacial score (nSPS) is 24.2. The minimum absolute atomic E-state index is 0.108. The van der Waals surface area contributed by atoms with Crippen molar-refractivity contribution in [2.75, 3.05) is 13.1 Å². The second-order valence-corrected chi connectivity index (χ2v) is 6.93. The molecular formula is C17H26N4O2. The van der Waals surface area contributed by atoms with E-state index >= 15 is 0 Å². The second kappa shape index (κ2) is 6.72. The van der Waals surface area contributed by atoms with Gasteiger partial charge in [0.1, 0.15) is 5.54 Å². The van der Waals surface area contributed by atoms with Crippen LogP contribution in [0.5, 0.6) is 0 Å². The molecular weight excluding hydrogens is 292 g/mol. The number of aromatic nitrogens is 2. The van der Waals surface area contributed by atoms with Gasteiger partial charge in [-0.25, -0.2) is 0 Å². The lowest BCUT2D eigenvalue weighted by Gasteiger charge is -2.42. The summed E-state index contributed by atoms with van der Waals surface area (Å²) in [5.41, 5.74) is 0.416. The molecule has 0 aromatic carbocycles. The number of piperidine rings is 1. The van der Waals surface area contributed by atoms with Crippen LogP contribution in [0, 0.1) is 0 Å². The van der Waals surface area contributed by atoms with E-state index in [1.165, 1.54) is 6.92 Å². The second-order valence-electron chi connectivity index (χ2n) is 6.93. The largest absolute Gasteiger partial charge is 0.342 e. The molecule has 1 saturated carbocycles. The summed E-state index contributed by atoms with van der Waals surface area (Å²) in [6.07, 6.45) is 8.49. The number of nitrogens with zero attached hydrogens (tertiary/aromatic N) is 2. The van der Waals surface area contributed by atoms with Crippen molar-refractivity contribution in [2.24, 2.45) is 0 Å². The zero-order valence-electron chi connectivity index (χ0n) is 13.8. The van der Waals surface area contributed by atoms with E-state index in [0.29, 0.717) is 12.5 Å². The zero-order valence-corrected chi connectivity index (χ0v) is 13.8. The van der Waals surface area contributed by atoms with E-state index in [0.717, 1.165) is 57.2 Å². The third-order valence-corrected chi connectivity index (χ3v) is 5.20. The molecule has 1 aliphatic carbocycles. The summed E-state index contributed by atoms with van der Waals surface area (Å²) < 4.78 is 0. The minimum atomic E-state index is -0.681. The molecule has 1 aromatic heterocycles.